The number of aryl methyl sites for hydroxylation is 1. The zero-order valence-electron chi connectivity index (χ0n) is 11.2. The smallest absolute Gasteiger partial charge is 0.257 e. The van der Waals surface area contributed by atoms with Crippen LogP contribution >= 0.6 is 11.6 Å². The van der Waals surface area contributed by atoms with Crippen molar-refractivity contribution in [3.05, 3.63) is 46.9 Å². The number of H-pyrrole nitrogens is 1. The second kappa shape index (κ2) is 5.95. The predicted molar refractivity (Wildman–Crippen MR) is 78.3 cm³/mol. The number of rotatable bonds is 5. The van der Waals surface area contributed by atoms with Crippen LogP contribution in [0, 0.1) is 6.92 Å². The standard InChI is InChI=1S/C13H16ClN3O2S/c1-9(7-11-5-3-4-6-12(11)14)17-20(18,19)13-8-15-10(2)16-13/h3-6,8-9,17H,7H2,1-2H3,(H,15,16). The largest absolute Gasteiger partial charge is 0.332 e. The van der Waals surface area contributed by atoms with E-state index in [0.717, 1.165) is 5.56 Å². The van der Waals surface area contributed by atoms with Crippen molar-refractivity contribution in [3.63, 3.8) is 0 Å². The average molecular weight is 314 g/mol. The van der Waals surface area contributed by atoms with E-state index in [0.29, 0.717) is 17.3 Å². The lowest BCUT2D eigenvalue weighted by Gasteiger charge is -2.14. The summed E-state index contributed by atoms with van der Waals surface area (Å²) in [4.78, 5) is 6.60. The van der Waals surface area contributed by atoms with Crippen LogP contribution in [0.2, 0.25) is 5.02 Å². The van der Waals surface area contributed by atoms with Gasteiger partial charge in [-0.3, -0.25) is 0 Å². The molecule has 0 aliphatic rings. The molecular weight excluding hydrogens is 298 g/mol. The SMILES string of the molecule is Cc1ncc(S(=O)(=O)NC(C)Cc2ccccc2Cl)[nH]1. The number of nitrogens with zero attached hydrogens (tertiary/aromatic N) is 1. The molecule has 1 heterocycles. The molecule has 2 aromatic rings. The van der Waals surface area contributed by atoms with Gasteiger partial charge in [-0.25, -0.2) is 18.1 Å². The molecule has 0 saturated heterocycles. The van der Waals surface area contributed by atoms with E-state index < -0.39 is 10.0 Å². The van der Waals surface area contributed by atoms with Gasteiger partial charge in [0.15, 0.2) is 5.03 Å². The topological polar surface area (TPSA) is 74.8 Å². The van der Waals surface area contributed by atoms with E-state index in [4.69, 9.17) is 11.6 Å². The number of aromatic amines is 1. The summed E-state index contributed by atoms with van der Waals surface area (Å²) < 4.78 is 26.8. The third-order valence-electron chi connectivity index (χ3n) is 2.81. The summed E-state index contributed by atoms with van der Waals surface area (Å²) in [5.74, 6) is 0.559. The molecule has 2 N–H and O–H groups in total. The second-order valence-electron chi connectivity index (χ2n) is 4.65. The average Bonchev–Trinajstić information content (AvgIpc) is 2.79. The van der Waals surface area contributed by atoms with Gasteiger partial charge in [0.05, 0.1) is 6.20 Å². The van der Waals surface area contributed by atoms with Crippen molar-refractivity contribution < 1.29 is 8.42 Å². The summed E-state index contributed by atoms with van der Waals surface area (Å²) in [7, 11) is -3.58. The van der Waals surface area contributed by atoms with Gasteiger partial charge in [-0.15, -0.1) is 0 Å². The molecule has 0 bridgehead atoms. The minimum Gasteiger partial charge on any atom is -0.332 e. The van der Waals surface area contributed by atoms with Crippen molar-refractivity contribution in [3.8, 4) is 0 Å². The summed E-state index contributed by atoms with van der Waals surface area (Å²) in [6, 6.07) is 7.11. The normalized spacial score (nSPS) is 13.3. The van der Waals surface area contributed by atoms with Gasteiger partial charge in [-0.1, -0.05) is 29.8 Å². The maximum absolute atomic E-state index is 12.1. The molecule has 0 spiro atoms. The van der Waals surface area contributed by atoms with Gasteiger partial charge in [0, 0.05) is 11.1 Å². The van der Waals surface area contributed by atoms with Crippen molar-refractivity contribution in [2.24, 2.45) is 0 Å². The van der Waals surface area contributed by atoms with Gasteiger partial charge in [0.1, 0.15) is 5.82 Å². The number of nitrogens with one attached hydrogen (secondary N) is 2. The number of halogens is 1. The molecular formula is C13H16ClN3O2S. The Balaban J connectivity index is 2.08. The summed E-state index contributed by atoms with van der Waals surface area (Å²) in [5.41, 5.74) is 0.908. The Morgan fingerprint density at radius 2 is 2.10 bits per heavy atom. The zero-order chi connectivity index (χ0) is 14.8. The van der Waals surface area contributed by atoms with Gasteiger partial charge in [0.25, 0.3) is 10.0 Å². The molecule has 0 saturated carbocycles. The van der Waals surface area contributed by atoms with Crippen LogP contribution in [0.4, 0.5) is 0 Å². The highest BCUT2D eigenvalue weighted by atomic mass is 35.5. The Kier molecular flexibility index (Phi) is 4.47. The lowest BCUT2D eigenvalue weighted by atomic mass is 10.1. The maximum Gasteiger partial charge on any atom is 0.257 e. The van der Waals surface area contributed by atoms with Crippen LogP contribution in [0.15, 0.2) is 35.5 Å². The van der Waals surface area contributed by atoms with Crippen molar-refractivity contribution >= 4 is 21.6 Å². The quantitative estimate of drug-likeness (QED) is 0.889. The van der Waals surface area contributed by atoms with Crippen molar-refractivity contribution in [1.82, 2.24) is 14.7 Å². The van der Waals surface area contributed by atoms with E-state index in [1.165, 1.54) is 6.20 Å². The van der Waals surface area contributed by atoms with Crippen LogP contribution < -0.4 is 4.72 Å². The van der Waals surface area contributed by atoms with E-state index in [2.05, 4.69) is 14.7 Å². The van der Waals surface area contributed by atoms with Crippen molar-refractivity contribution in [1.29, 1.82) is 0 Å². The summed E-state index contributed by atoms with van der Waals surface area (Å²) in [6.45, 7) is 3.50. The second-order valence-corrected chi connectivity index (χ2v) is 6.74. The van der Waals surface area contributed by atoms with Gasteiger partial charge >= 0.3 is 0 Å². The van der Waals surface area contributed by atoms with Crippen LogP contribution in [-0.4, -0.2) is 24.4 Å². The fraction of sp³-hybridized carbons (Fsp3) is 0.308. The lowest BCUT2D eigenvalue weighted by molar-refractivity contribution is 0.556. The van der Waals surface area contributed by atoms with Crippen LogP contribution in [0.5, 0.6) is 0 Å². The van der Waals surface area contributed by atoms with E-state index in [1.807, 2.05) is 18.2 Å². The van der Waals surface area contributed by atoms with Crippen LogP contribution in [0.25, 0.3) is 0 Å². The number of imidazole rings is 1. The van der Waals surface area contributed by atoms with Gasteiger partial charge < -0.3 is 4.98 Å². The molecule has 0 amide bonds. The molecule has 1 aromatic heterocycles. The molecule has 1 unspecified atom stereocenters. The van der Waals surface area contributed by atoms with Crippen LogP contribution in [0.1, 0.15) is 18.3 Å². The molecule has 0 aliphatic carbocycles. The number of benzene rings is 1. The molecule has 0 fully saturated rings. The molecule has 0 radical (unpaired) electrons. The molecule has 2 rings (SSSR count). The molecule has 1 atom stereocenters. The molecule has 20 heavy (non-hydrogen) atoms. The van der Waals surface area contributed by atoms with E-state index in [1.54, 1.807) is 19.9 Å². The molecule has 5 nitrogen and oxygen atoms in total. The highest BCUT2D eigenvalue weighted by Crippen LogP contribution is 2.17. The zero-order valence-corrected chi connectivity index (χ0v) is 12.8. The number of sulfonamides is 1. The Morgan fingerprint density at radius 1 is 1.40 bits per heavy atom. The summed E-state index contributed by atoms with van der Waals surface area (Å²) >= 11 is 6.07. The number of hydrogen-bond donors (Lipinski definition) is 2. The summed E-state index contributed by atoms with van der Waals surface area (Å²) in [5, 5.41) is 0.706. The minimum atomic E-state index is -3.58. The van der Waals surface area contributed by atoms with Gasteiger partial charge in [-0.05, 0) is 31.9 Å². The summed E-state index contributed by atoms with van der Waals surface area (Å²) in [6.07, 6.45) is 1.83. The number of hydrogen-bond acceptors (Lipinski definition) is 3. The van der Waals surface area contributed by atoms with Crippen LogP contribution in [0.3, 0.4) is 0 Å². The third-order valence-corrected chi connectivity index (χ3v) is 4.68. The van der Waals surface area contributed by atoms with E-state index in [-0.39, 0.29) is 11.1 Å². The molecule has 1 aromatic carbocycles. The first-order valence-electron chi connectivity index (χ1n) is 6.16. The maximum atomic E-state index is 12.1. The predicted octanol–water partition coefficient (Wildman–Crippen LogP) is 2.28. The van der Waals surface area contributed by atoms with Crippen LogP contribution in [-0.2, 0) is 16.4 Å². The minimum absolute atomic E-state index is 0.0704. The first kappa shape index (κ1) is 15.0. The fourth-order valence-electron chi connectivity index (χ4n) is 1.90. The lowest BCUT2D eigenvalue weighted by Crippen LogP contribution is -2.34. The highest BCUT2D eigenvalue weighted by molar-refractivity contribution is 7.89. The van der Waals surface area contributed by atoms with E-state index in [9.17, 15) is 8.42 Å². The molecule has 7 heteroatoms. The number of aromatic nitrogens is 2. The Bertz CT molecular complexity index is 697. The third kappa shape index (κ3) is 3.59. The Labute approximate surface area is 123 Å². The Hall–Kier alpha value is -1.37. The monoisotopic (exact) mass is 313 g/mol. The highest BCUT2D eigenvalue weighted by Gasteiger charge is 2.19. The van der Waals surface area contributed by atoms with Gasteiger partial charge in [0.2, 0.25) is 0 Å². The van der Waals surface area contributed by atoms with Crippen molar-refractivity contribution in [2.45, 2.75) is 31.3 Å². The van der Waals surface area contributed by atoms with Crippen molar-refractivity contribution in [2.75, 3.05) is 0 Å². The first-order valence-corrected chi connectivity index (χ1v) is 8.02. The first-order chi connectivity index (χ1) is 9.38. The Morgan fingerprint density at radius 3 is 2.70 bits per heavy atom. The molecule has 0 aliphatic heterocycles. The van der Waals surface area contributed by atoms with E-state index >= 15 is 0 Å². The fourth-order valence-corrected chi connectivity index (χ4v) is 3.33. The van der Waals surface area contributed by atoms with Gasteiger partial charge in [-0.2, -0.15) is 0 Å². The molecule has 108 valence electrons.